The minimum atomic E-state index is -0.853. The smallest absolute Gasteiger partial charge is 0.305 e. The van der Waals surface area contributed by atoms with E-state index in [0.29, 0.717) is 19.4 Å². The zero-order valence-corrected chi connectivity index (χ0v) is 41.9. The quantitative estimate of drug-likeness (QED) is 0.0321. The van der Waals surface area contributed by atoms with E-state index in [1.54, 1.807) is 6.08 Å². The summed E-state index contributed by atoms with van der Waals surface area (Å²) in [5, 5.41) is 23.1. The summed E-state index contributed by atoms with van der Waals surface area (Å²) in [4.78, 5) is 24.5. The van der Waals surface area contributed by atoms with Crippen molar-refractivity contribution in [3.8, 4) is 0 Å². The molecule has 6 heteroatoms. The largest absolute Gasteiger partial charge is 0.466 e. The number of rotatable bonds is 52. The maximum absolute atomic E-state index is 12.4. The monoisotopic (exact) mass is 876 g/mol. The number of hydrogen-bond donors (Lipinski definition) is 3. The summed E-state index contributed by atoms with van der Waals surface area (Å²) in [6.45, 7) is 4.89. The van der Waals surface area contributed by atoms with Crippen molar-refractivity contribution in [2.45, 2.75) is 321 Å². The minimum Gasteiger partial charge on any atom is -0.466 e. The van der Waals surface area contributed by atoms with Gasteiger partial charge in [-0.25, -0.2) is 0 Å². The van der Waals surface area contributed by atoms with Gasteiger partial charge in [0.1, 0.15) is 0 Å². The van der Waals surface area contributed by atoms with E-state index in [1.807, 2.05) is 6.08 Å². The van der Waals surface area contributed by atoms with Crippen molar-refractivity contribution in [3.05, 3.63) is 12.2 Å². The van der Waals surface area contributed by atoms with Crippen LogP contribution < -0.4 is 5.32 Å². The Bertz CT molecular complexity index is 924. The molecule has 368 valence electrons. The highest BCUT2D eigenvalue weighted by Gasteiger charge is 2.18. The molecule has 1 amide bonds. The number of aliphatic hydroxyl groups excluding tert-OH is 2. The Labute approximate surface area is 387 Å². The number of carbonyl (C=O) groups excluding carboxylic acids is 2. The van der Waals surface area contributed by atoms with E-state index in [2.05, 4.69) is 19.2 Å². The average Bonchev–Trinajstić information content (AvgIpc) is 3.27. The molecule has 2 atom stereocenters. The zero-order chi connectivity index (χ0) is 45.1. The van der Waals surface area contributed by atoms with Crippen LogP contribution in [0.15, 0.2) is 12.2 Å². The predicted molar refractivity (Wildman–Crippen MR) is 269 cm³/mol. The predicted octanol–water partition coefficient (Wildman–Crippen LogP) is 16.9. The molecular formula is C56H109NO5. The first-order valence-electron chi connectivity index (χ1n) is 28.0. The fraction of sp³-hybridized carbons (Fsp3) is 0.929. The molecule has 2 unspecified atom stereocenters. The number of hydrogen-bond acceptors (Lipinski definition) is 5. The number of allylic oxidation sites excluding steroid dienone is 1. The molecule has 0 aliphatic rings. The van der Waals surface area contributed by atoms with Gasteiger partial charge in [0.2, 0.25) is 5.91 Å². The first-order chi connectivity index (χ1) is 30.5. The van der Waals surface area contributed by atoms with Crippen LogP contribution in [-0.4, -0.2) is 47.4 Å². The lowest BCUT2D eigenvalue weighted by Crippen LogP contribution is -2.45. The van der Waals surface area contributed by atoms with Gasteiger partial charge in [0.25, 0.3) is 0 Å². The third-order valence-electron chi connectivity index (χ3n) is 13.1. The lowest BCUT2D eigenvalue weighted by atomic mass is 10.0. The summed E-state index contributed by atoms with van der Waals surface area (Å²) in [5.74, 6) is -0.0875. The van der Waals surface area contributed by atoms with Gasteiger partial charge in [-0.1, -0.05) is 276 Å². The minimum absolute atomic E-state index is 0.00639. The SMILES string of the molecule is CCCCCCCCCCCCCCCC/C=C/C(O)C(CO)NC(=O)CCCCCCCCCCCCCCOC(=O)CCCCCCCCCCCCCCCCCCC. The Morgan fingerprint density at radius 1 is 0.435 bits per heavy atom. The second-order valence-electron chi connectivity index (χ2n) is 19.3. The molecule has 0 aromatic heterocycles. The van der Waals surface area contributed by atoms with E-state index in [9.17, 15) is 19.8 Å². The molecule has 0 aliphatic carbocycles. The van der Waals surface area contributed by atoms with Crippen molar-refractivity contribution in [2.24, 2.45) is 0 Å². The normalized spacial score (nSPS) is 12.6. The molecule has 0 rings (SSSR count). The molecule has 0 saturated carbocycles. The van der Waals surface area contributed by atoms with Crippen molar-refractivity contribution in [3.63, 3.8) is 0 Å². The summed E-state index contributed by atoms with van der Waals surface area (Å²) < 4.78 is 5.48. The molecule has 0 aliphatic heterocycles. The van der Waals surface area contributed by atoms with Crippen molar-refractivity contribution in [2.75, 3.05) is 13.2 Å². The van der Waals surface area contributed by atoms with Crippen LogP contribution in [0.1, 0.15) is 309 Å². The third-order valence-corrected chi connectivity index (χ3v) is 13.1. The number of aliphatic hydroxyl groups is 2. The molecule has 0 aromatic carbocycles. The first-order valence-corrected chi connectivity index (χ1v) is 28.0. The Balaban J connectivity index is 3.46. The highest BCUT2D eigenvalue weighted by Crippen LogP contribution is 2.17. The third kappa shape index (κ3) is 48.1. The standard InChI is InChI=1S/C56H109NO5/c1-3-5-7-9-11-13-15-17-19-21-23-25-30-34-38-42-46-50-56(61)62-51-47-43-39-35-31-27-26-29-33-37-41-45-49-55(60)57-53(52-58)54(59)48-44-40-36-32-28-24-22-20-18-16-14-12-10-8-6-4-2/h44,48,53-54,58-59H,3-43,45-47,49-52H2,1-2H3,(H,57,60)/b48-44+. The van der Waals surface area contributed by atoms with Gasteiger partial charge in [-0.15, -0.1) is 0 Å². The highest BCUT2D eigenvalue weighted by molar-refractivity contribution is 5.76. The molecule has 62 heavy (non-hydrogen) atoms. The zero-order valence-electron chi connectivity index (χ0n) is 41.9. The topological polar surface area (TPSA) is 95.9 Å². The molecule has 0 spiro atoms. The van der Waals surface area contributed by atoms with Crippen molar-refractivity contribution < 1.29 is 24.5 Å². The molecule has 0 fully saturated rings. The Kier molecular flexibility index (Phi) is 51.0. The second-order valence-corrected chi connectivity index (χ2v) is 19.3. The van der Waals surface area contributed by atoms with Crippen LogP contribution in [0.3, 0.4) is 0 Å². The van der Waals surface area contributed by atoms with Crippen molar-refractivity contribution in [1.29, 1.82) is 0 Å². The van der Waals surface area contributed by atoms with Crippen LogP contribution in [-0.2, 0) is 14.3 Å². The van der Waals surface area contributed by atoms with E-state index in [-0.39, 0.29) is 18.5 Å². The molecule has 0 heterocycles. The summed E-state index contributed by atoms with van der Waals surface area (Å²) in [7, 11) is 0. The maximum atomic E-state index is 12.4. The van der Waals surface area contributed by atoms with Crippen molar-refractivity contribution in [1.82, 2.24) is 5.32 Å². The molecular weight excluding hydrogens is 767 g/mol. The molecule has 6 nitrogen and oxygen atoms in total. The maximum Gasteiger partial charge on any atom is 0.305 e. The van der Waals surface area contributed by atoms with Crippen molar-refractivity contribution >= 4 is 11.9 Å². The van der Waals surface area contributed by atoms with Gasteiger partial charge in [-0.3, -0.25) is 9.59 Å². The summed E-state index contributed by atoms with van der Waals surface area (Å²) in [6.07, 6.45) is 60.8. The number of ether oxygens (including phenoxy) is 1. The van der Waals surface area contributed by atoms with Crippen LogP contribution >= 0.6 is 0 Å². The van der Waals surface area contributed by atoms with E-state index in [0.717, 1.165) is 57.8 Å². The molecule has 3 N–H and O–H groups in total. The van der Waals surface area contributed by atoms with E-state index >= 15 is 0 Å². The second kappa shape index (κ2) is 52.2. The van der Waals surface area contributed by atoms with Gasteiger partial charge in [-0.05, 0) is 32.1 Å². The number of carbonyl (C=O) groups is 2. The highest BCUT2D eigenvalue weighted by atomic mass is 16.5. The van der Waals surface area contributed by atoms with Gasteiger partial charge in [0.15, 0.2) is 0 Å². The lowest BCUT2D eigenvalue weighted by molar-refractivity contribution is -0.143. The number of unbranched alkanes of at least 4 members (excludes halogenated alkanes) is 41. The van der Waals surface area contributed by atoms with Crippen LogP contribution in [0.4, 0.5) is 0 Å². The van der Waals surface area contributed by atoms with Gasteiger partial charge >= 0.3 is 5.97 Å². The van der Waals surface area contributed by atoms with Crippen LogP contribution in [0.5, 0.6) is 0 Å². The van der Waals surface area contributed by atoms with Gasteiger partial charge < -0.3 is 20.3 Å². The van der Waals surface area contributed by atoms with Crippen LogP contribution in [0.2, 0.25) is 0 Å². The lowest BCUT2D eigenvalue weighted by Gasteiger charge is -2.20. The van der Waals surface area contributed by atoms with E-state index < -0.39 is 12.1 Å². The fourth-order valence-corrected chi connectivity index (χ4v) is 8.75. The summed E-state index contributed by atoms with van der Waals surface area (Å²) in [5.41, 5.74) is 0. The fourth-order valence-electron chi connectivity index (χ4n) is 8.75. The Morgan fingerprint density at radius 3 is 1.10 bits per heavy atom. The number of esters is 1. The Morgan fingerprint density at radius 2 is 0.742 bits per heavy atom. The van der Waals surface area contributed by atoms with Gasteiger partial charge in [-0.2, -0.15) is 0 Å². The van der Waals surface area contributed by atoms with Crippen LogP contribution in [0, 0.1) is 0 Å². The Hall–Kier alpha value is -1.40. The molecule has 0 saturated heterocycles. The van der Waals surface area contributed by atoms with E-state index in [4.69, 9.17) is 4.74 Å². The molecule has 0 radical (unpaired) electrons. The molecule has 0 aromatic rings. The van der Waals surface area contributed by atoms with Gasteiger partial charge in [0.05, 0.1) is 25.4 Å². The average molecular weight is 876 g/mol. The number of amides is 1. The number of nitrogens with one attached hydrogen (secondary N) is 1. The van der Waals surface area contributed by atoms with Crippen LogP contribution in [0.25, 0.3) is 0 Å². The van der Waals surface area contributed by atoms with E-state index in [1.165, 1.54) is 225 Å². The summed E-state index contributed by atoms with van der Waals surface area (Å²) in [6, 6.07) is -0.638. The molecule has 0 bridgehead atoms. The first kappa shape index (κ1) is 60.6. The van der Waals surface area contributed by atoms with Gasteiger partial charge in [0, 0.05) is 12.8 Å². The summed E-state index contributed by atoms with van der Waals surface area (Å²) >= 11 is 0.